The van der Waals surface area contributed by atoms with Gasteiger partial charge in [0.25, 0.3) is 5.91 Å². The Morgan fingerprint density at radius 1 is 1.21 bits per heavy atom. The van der Waals surface area contributed by atoms with Gasteiger partial charge in [0.05, 0.1) is 27.9 Å². The molecule has 0 aliphatic heterocycles. The number of rotatable bonds is 7. The predicted molar refractivity (Wildman–Crippen MR) is 118 cm³/mol. The molecule has 150 valence electrons. The molecule has 0 spiro atoms. The van der Waals surface area contributed by atoms with Gasteiger partial charge in [0, 0.05) is 30.8 Å². The molecule has 2 aromatic heterocycles. The molecule has 0 unspecified atom stereocenters. The Morgan fingerprint density at radius 3 is 2.86 bits per heavy atom. The molecule has 0 bridgehead atoms. The Morgan fingerprint density at radius 2 is 2.07 bits per heavy atom. The molecule has 0 saturated carbocycles. The van der Waals surface area contributed by atoms with E-state index in [1.807, 2.05) is 30.3 Å². The van der Waals surface area contributed by atoms with E-state index in [0.29, 0.717) is 29.7 Å². The molecule has 2 aromatic carbocycles. The lowest BCUT2D eigenvalue weighted by molar-refractivity contribution is 0.0937. The molecule has 2 heterocycles. The number of fused-ring (bicyclic) bond motifs is 2. The molecule has 7 nitrogen and oxygen atoms in total. The number of aryl methyl sites for hydroxylation is 1. The molecular weight excluding hydrogens is 410 g/mol. The molecule has 0 saturated heterocycles. The number of hydrogen-bond donors (Lipinski definition) is 2. The minimum atomic E-state index is -0.146. The minimum absolute atomic E-state index is 0.146. The van der Waals surface area contributed by atoms with E-state index in [0.717, 1.165) is 32.9 Å². The van der Waals surface area contributed by atoms with E-state index >= 15 is 0 Å². The van der Waals surface area contributed by atoms with Crippen molar-refractivity contribution in [3.8, 4) is 0 Å². The van der Waals surface area contributed by atoms with Crippen LogP contribution in [0, 0.1) is 0 Å². The number of carbonyl (C=O) groups is 1. The molecule has 2 N–H and O–H groups in total. The second kappa shape index (κ2) is 8.36. The minimum Gasteiger partial charge on any atom is -0.383 e. The Bertz CT molecular complexity index is 1190. The van der Waals surface area contributed by atoms with Crippen LogP contribution < -0.4 is 10.6 Å². The third-order valence-corrected chi connectivity index (χ3v) is 5.66. The quantitative estimate of drug-likeness (QED) is 0.424. The van der Waals surface area contributed by atoms with Gasteiger partial charge in [-0.15, -0.1) is 0 Å². The first-order chi connectivity index (χ1) is 14.1. The fourth-order valence-electron chi connectivity index (χ4n) is 3.10. The highest BCUT2D eigenvalue weighted by atomic mass is 35.5. The highest BCUT2D eigenvalue weighted by Gasteiger charge is 2.14. The van der Waals surface area contributed by atoms with Gasteiger partial charge in [-0.3, -0.25) is 4.79 Å². The second-order valence-corrected chi connectivity index (χ2v) is 7.86. The Kier molecular flexibility index (Phi) is 5.66. The summed E-state index contributed by atoms with van der Waals surface area (Å²) in [5, 5.41) is 7.56. The third kappa shape index (κ3) is 4.05. The van der Waals surface area contributed by atoms with Gasteiger partial charge in [-0.25, -0.2) is 9.97 Å². The van der Waals surface area contributed by atoms with Gasteiger partial charge in [0.15, 0.2) is 5.13 Å². The van der Waals surface area contributed by atoms with E-state index < -0.39 is 0 Å². The van der Waals surface area contributed by atoms with Crippen molar-refractivity contribution in [2.75, 3.05) is 25.6 Å². The topological polar surface area (TPSA) is 81.1 Å². The maximum Gasteiger partial charge on any atom is 0.251 e. The average Bonchev–Trinajstić information content (AvgIpc) is 3.26. The van der Waals surface area contributed by atoms with Gasteiger partial charge in [0.2, 0.25) is 5.95 Å². The maximum absolute atomic E-state index is 12.3. The summed E-state index contributed by atoms with van der Waals surface area (Å²) in [7, 11) is 1.60. The van der Waals surface area contributed by atoms with Crippen LogP contribution in [0.5, 0.6) is 0 Å². The van der Waals surface area contributed by atoms with Crippen molar-refractivity contribution >= 4 is 61.2 Å². The van der Waals surface area contributed by atoms with Crippen LogP contribution >= 0.6 is 22.9 Å². The summed E-state index contributed by atoms with van der Waals surface area (Å²) in [4.78, 5) is 21.6. The van der Waals surface area contributed by atoms with Crippen molar-refractivity contribution in [2.24, 2.45) is 0 Å². The Balaban J connectivity index is 1.63. The number of ether oxygens (including phenoxy) is 1. The number of aromatic nitrogens is 3. The lowest BCUT2D eigenvalue weighted by atomic mass is 10.2. The van der Waals surface area contributed by atoms with Crippen molar-refractivity contribution in [1.29, 1.82) is 0 Å². The van der Waals surface area contributed by atoms with Gasteiger partial charge in [0.1, 0.15) is 0 Å². The van der Waals surface area contributed by atoms with Gasteiger partial charge < -0.3 is 19.9 Å². The summed E-state index contributed by atoms with van der Waals surface area (Å²) in [6.07, 6.45) is 0. The summed E-state index contributed by atoms with van der Waals surface area (Å²) in [5.41, 5.74) is 3.15. The normalized spacial score (nSPS) is 11.3. The summed E-state index contributed by atoms with van der Waals surface area (Å²) in [6.45, 7) is 3.72. The molecule has 0 atom stereocenters. The second-order valence-electron chi connectivity index (χ2n) is 6.39. The van der Waals surface area contributed by atoms with E-state index in [2.05, 4.69) is 27.1 Å². The van der Waals surface area contributed by atoms with Crippen LogP contribution in [-0.2, 0) is 11.3 Å². The maximum atomic E-state index is 12.3. The zero-order valence-corrected chi connectivity index (χ0v) is 17.6. The zero-order chi connectivity index (χ0) is 20.4. The van der Waals surface area contributed by atoms with Crippen LogP contribution in [0.3, 0.4) is 0 Å². The Labute approximate surface area is 176 Å². The van der Waals surface area contributed by atoms with Crippen LogP contribution in [0.15, 0.2) is 36.4 Å². The molecule has 29 heavy (non-hydrogen) atoms. The number of methoxy groups -OCH3 is 1. The molecule has 0 aliphatic carbocycles. The Hall–Kier alpha value is -2.68. The lowest BCUT2D eigenvalue weighted by Crippen LogP contribution is -2.26. The molecule has 0 radical (unpaired) electrons. The first kappa shape index (κ1) is 19.6. The first-order valence-electron chi connectivity index (χ1n) is 9.19. The van der Waals surface area contributed by atoms with Gasteiger partial charge in [-0.1, -0.05) is 22.9 Å². The van der Waals surface area contributed by atoms with Gasteiger partial charge in [-0.05, 0) is 43.3 Å². The molecule has 4 rings (SSSR count). The first-order valence-corrected chi connectivity index (χ1v) is 10.4. The van der Waals surface area contributed by atoms with Crippen LogP contribution in [0.2, 0.25) is 5.02 Å². The number of thiazole rings is 1. The number of hydrogen-bond acceptors (Lipinski definition) is 6. The summed E-state index contributed by atoms with van der Waals surface area (Å²) < 4.78 is 8.03. The molecule has 0 fully saturated rings. The van der Waals surface area contributed by atoms with E-state index in [1.165, 1.54) is 11.3 Å². The third-order valence-electron chi connectivity index (χ3n) is 4.49. The highest BCUT2D eigenvalue weighted by molar-refractivity contribution is 7.22. The smallest absolute Gasteiger partial charge is 0.251 e. The number of halogens is 1. The highest BCUT2D eigenvalue weighted by Crippen LogP contribution is 2.31. The number of imidazole rings is 1. The molecule has 1 amide bonds. The van der Waals surface area contributed by atoms with E-state index in [4.69, 9.17) is 21.3 Å². The van der Waals surface area contributed by atoms with Gasteiger partial charge >= 0.3 is 0 Å². The van der Waals surface area contributed by atoms with Crippen LogP contribution in [-0.4, -0.2) is 40.7 Å². The van der Waals surface area contributed by atoms with Crippen LogP contribution in [0.1, 0.15) is 17.3 Å². The van der Waals surface area contributed by atoms with E-state index in [-0.39, 0.29) is 5.91 Å². The van der Waals surface area contributed by atoms with Crippen molar-refractivity contribution < 1.29 is 9.53 Å². The zero-order valence-electron chi connectivity index (χ0n) is 16.0. The van der Waals surface area contributed by atoms with Gasteiger partial charge in [-0.2, -0.15) is 0 Å². The van der Waals surface area contributed by atoms with E-state index in [9.17, 15) is 4.79 Å². The van der Waals surface area contributed by atoms with Crippen molar-refractivity contribution in [3.05, 3.63) is 47.0 Å². The SMILES string of the molecule is CCn1c(Nc2nc3ccc(Cl)cc3s2)nc2cc(C(=O)NCCOC)ccc21. The summed E-state index contributed by atoms with van der Waals surface area (Å²) in [6, 6.07) is 11.1. The molecular formula is C20H20ClN5O2S. The monoisotopic (exact) mass is 429 g/mol. The molecule has 0 aliphatic rings. The fourth-order valence-corrected chi connectivity index (χ4v) is 4.24. The number of anilines is 2. The summed E-state index contributed by atoms with van der Waals surface area (Å²) >= 11 is 7.59. The number of nitrogens with zero attached hydrogens (tertiary/aromatic N) is 3. The average molecular weight is 430 g/mol. The van der Waals surface area contributed by atoms with Crippen LogP contribution in [0.4, 0.5) is 11.1 Å². The number of benzene rings is 2. The predicted octanol–water partition coefficient (Wildman–Crippen LogP) is 4.44. The largest absolute Gasteiger partial charge is 0.383 e. The fraction of sp³-hybridized carbons (Fsp3) is 0.250. The number of nitrogens with one attached hydrogen (secondary N) is 2. The molecule has 4 aromatic rings. The lowest BCUT2D eigenvalue weighted by Gasteiger charge is -2.06. The van der Waals surface area contributed by atoms with Crippen molar-refractivity contribution in [3.63, 3.8) is 0 Å². The van der Waals surface area contributed by atoms with E-state index in [1.54, 1.807) is 13.2 Å². The number of carbonyl (C=O) groups excluding carboxylic acids is 1. The van der Waals surface area contributed by atoms with Crippen molar-refractivity contribution in [1.82, 2.24) is 19.9 Å². The molecule has 9 heteroatoms. The number of amides is 1. The summed E-state index contributed by atoms with van der Waals surface area (Å²) in [5.74, 6) is 0.539. The van der Waals surface area contributed by atoms with Crippen LogP contribution in [0.25, 0.3) is 21.3 Å². The standard InChI is InChI=1S/C20H20ClN5O2S/c1-3-26-16-7-4-12(18(27)22-8-9-28-2)10-15(16)23-19(26)25-20-24-14-6-5-13(21)11-17(14)29-20/h4-7,10-11H,3,8-9H2,1-2H3,(H,22,27)(H,23,24,25). The van der Waals surface area contributed by atoms with Crippen molar-refractivity contribution in [2.45, 2.75) is 13.5 Å².